The molecule has 6 nitrogen and oxygen atoms in total. The number of halogens is 2. The van der Waals surface area contributed by atoms with Gasteiger partial charge in [0.2, 0.25) is 0 Å². The van der Waals surface area contributed by atoms with Crippen molar-refractivity contribution in [1.29, 1.82) is 0 Å². The van der Waals surface area contributed by atoms with E-state index in [1.807, 2.05) is 48.5 Å². The van der Waals surface area contributed by atoms with Crippen LogP contribution in [0.25, 0.3) is 0 Å². The Hall–Kier alpha value is -1.66. The predicted molar refractivity (Wildman–Crippen MR) is 157 cm³/mol. The molecule has 1 atom stereocenters. The average molecular weight is 662 g/mol. The number of hydrogen-bond donors (Lipinski definition) is 2. The number of carbonyl (C=O) groups excluding carboxylic acids is 2. The Morgan fingerprint density at radius 2 is 1.29 bits per heavy atom. The van der Waals surface area contributed by atoms with Gasteiger partial charge in [-0.25, -0.2) is 0 Å². The van der Waals surface area contributed by atoms with Crippen molar-refractivity contribution in [2.45, 2.75) is 13.8 Å². The summed E-state index contributed by atoms with van der Waals surface area (Å²) in [4.78, 5) is 24.1. The first-order chi connectivity index (χ1) is 16.7. The van der Waals surface area contributed by atoms with Gasteiger partial charge in [-0.3, -0.25) is 9.59 Å². The highest BCUT2D eigenvalue weighted by Gasteiger charge is 2.04. The summed E-state index contributed by atoms with van der Waals surface area (Å²) in [5.74, 6) is 1.96. The first kappa shape index (κ1) is 29.6. The highest BCUT2D eigenvalue weighted by Crippen LogP contribution is 2.15. The number of amides is 2. The number of ether oxygens (including phenoxy) is 2. The van der Waals surface area contributed by atoms with Crippen LogP contribution in [-0.4, -0.2) is 36.5 Å². The maximum atomic E-state index is 12.1. The Bertz CT molecular complexity index is 1080. The van der Waals surface area contributed by atoms with E-state index in [9.17, 15) is 9.59 Å². The van der Waals surface area contributed by atoms with Gasteiger partial charge in [-0.2, -0.15) is 0 Å². The molecule has 2 rings (SSSR count). The van der Waals surface area contributed by atoms with Gasteiger partial charge >= 0.3 is 0 Å². The number of hydrogen-bond acceptors (Lipinski definition) is 6. The van der Waals surface area contributed by atoms with Gasteiger partial charge in [0.05, 0.1) is 24.7 Å². The molecule has 35 heavy (non-hydrogen) atoms. The SMILES string of the molecule is C/C(=C\C(=O)Nc1ccc(Br)cc1)OCCSS(=S)CCO/C(C)=C/C(=O)Nc1ccc(Br)cc1. The van der Waals surface area contributed by atoms with Crippen molar-refractivity contribution in [2.24, 2.45) is 0 Å². The highest BCUT2D eigenvalue weighted by atomic mass is 79.9. The molecule has 1 unspecified atom stereocenters. The maximum Gasteiger partial charge on any atom is 0.251 e. The molecule has 0 saturated heterocycles. The zero-order chi connectivity index (χ0) is 25.6. The Labute approximate surface area is 233 Å². The van der Waals surface area contributed by atoms with E-state index in [0.717, 1.165) is 8.95 Å². The third-order valence-corrected chi connectivity index (χ3v) is 9.41. The summed E-state index contributed by atoms with van der Waals surface area (Å²) in [5.41, 5.74) is 1.42. The molecule has 2 amide bonds. The number of benzene rings is 2. The lowest BCUT2D eigenvalue weighted by Gasteiger charge is -2.09. The zero-order valence-corrected chi connectivity index (χ0v) is 24.8. The molecule has 11 heteroatoms. The van der Waals surface area contributed by atoms with Crippen LogP contribution in [0.1, 0.15) is 13.8 Å². The summed E-state index contributed by atoms with van der Waals surface area (Å²) < 4.78 is 13.1. The molecule has 0 spiro atoms. The summed E-state index contributed by atoms with van der Waals surface area (Å²) >= 11 is 12.2. The number of carbonyl (C=O) groups is 2. The lowest BCUT2D eigenvalue weighted by Crippen LogP contribution is -2.10. The fraction of sp³-hybridized carbons (Fsp3) is 0.250. The van der Waals surface area contributed by atoms with Crippen molar-refractivity contribution >= 4 is 85.5 Å². The Morgan fingerprint density at radius 3 is 1.74 bits per heavy atom. The fourth-order valence-electron chi connectivity index (χ4n) is 2.53. The average Bonchev–Trinajstić information content (AvgIpc) is 2.79. The molecule has 0 fully saturated rings. The molecular weight excluding hydrogens is 636 g/mol. The Kier molecular flexibility index (Phi) is 13.6. The van der Waals surface area contributed by atoms with Gasteiger partial charge < -0.3 is 20.1 Å². The fourth-order valence-corrected chi connectivity index (χ4v) is 5.87. The minimum atomic E-state index is -0.327. The third kappa shape index (κ3) is 13.3. The monoisotopic (exact) mass is 660 g/mol. The summed E-state index contributed by atoms with van der Waals surface area (Å²) in [6.07, 6.45) is 2.85. The van der Waals surface area contributed by atoms with Crippen molar-refractivity contribution < 1.29 is 19.1 Å². The van der Waals surface area contributed by atoms with Crippen LogP contribution >= 0.6 is 42.7 Å². The quantitative estimate of drug-likeness (QED) is 0.113. The van der Waals surface area contributed by atoms with Crippen molar-refractivity contribution in [3.63, 3.8) is 0 Å². The number of anilines is 2. The molecule has 0 aliphatic heterocycles. The van der Waals surface area contributed by atoms with Gasteiger partial charge in [-0.05, 0) is 73.6 Å². The van der Waals surface area contributed by atoms with Crippen LogP contribution < -0.4 is 10.6 Å². The summed E-state index contributed by atoms with van der Waals surface area (Å²) in [7, 11) is 1.29. The molecule has 0 bridgehead atoms. The van der Waals surface area contributed by atoms with E-state index in [2.05, 4.69) is 42.5 Å². The standard InChI is InChI=1S/C24H26Br2N2O4S3/c1-17(15-23(29)27-21-7-3-19(25)4-8-21)31-11-13-34-35(33)14-12-32-18(2)16-24(30)28-22-9-5-20(26)6-10-22/h3-10,15-16H,11-14H2,1-2H3,(H,27,29)(H,28,30)/b17-15+,18-16+. The second-order valence-corrected chi connectivity index (χ2v) is 14.3. The predicted octanol–water partition coefficient (Wildman–Crippen LogP) is 6.36. The van der Waals surface area contributed by atoms with E-state index in [1.54, 1.807) is 24.6 Å². The van der Waals surface area contributed by atoms with Gasteiger partial charge in [-0.1, -0.05) is 51.1 Å². The van der Waals surface area contributed by atoms with Crippen molar-refractivity contribution in [1.82, 2.24) is 0 Å². The molecule has 0 aliphatic carbocycles. The molecule has 2 aromatic rings. The maximum absolute atomic E-state index is 12.1. The van der Waals surface area contributed by atoms with Gasteiger partial charge in [0.25, 0.3) is 11.8 Å². The topological polar surface area (TPSA) is 76.7 Å². The lowest BCUT2D eigenvalue weighted by molar-refractivity contribution is -0.112. The van der Waals surface area contributed by atoms with Crippen LogP contribution in [0.3, 0.4) is 0 Å². The molecule has 0 heterocycles. The van der Waals surface area contributed by atoms with Crippen LogP contribution in [0.4, 0.5) is 11.4 Å². The summed E-state index contributed by atoms with van der Waals surface area (Å²) in [5, 5.41) is 5.57. The van der Waals surface area contributed by atoms with Crippen LogP contribution in [0.15, 0.2) is 81.1 Å². The second-order valence-electron chi connectivity index (χ2n) is 7.03. The number of rotatable bonds is 13. The molecule has 2 aromatic carbocycles. The van der Waals surface area contributed by atoms with E-state index in [4.69, 9.17) is 20.7 Å². The first-order valence-electron chi connectivity index (χ1n) is 10.5. The van der Waals surface area contributed by atoms with Gasteiger partial charge in [-0.15, -0.1) is 0 Å². The van der Waals surface area contributed by atoms with E-state index in [0.29, 0.717) is 47.6 Å². The Balaban J connectivity index is 1.59. The van der Waals surface area contributed by atoms with Gasteiger partial charge in [0, 0.05) is 44.0 Å². The summed E-state index contributed by atoms with van der Waals surface area (Å²) in [6, 6.07) is 14.7. The third-order valence-electron chi connectivity index (χ3n) is 4.10. The van der Waals surface area contributed by atoms with Crippen LogP contribution in [-0.2, 0) is 38.7 Å². The first-order valence-corrected chi connectivity index (χ1v) is 15.9. The largest absolute Gasteiger partial charge is 0.497 e. The lowest BCUT2D eigenvalue weighted by atomic mass is 10.3. The van der Waals surface area contributed by atoms with E-state index in [1.165, 1.54) is 12.2 Å². The van der Waals surface area contributed by atoms with Crippen molar-refractivity contribution in [3.8, 4) is 0 Å². The second kappa shape index (κ2) is 16.2. The molecule has 2 N–H and O–H groups in total. The van der Waals surface area contributed by atoms with Crippen LogP contribution in [0.2, 0.25) is 0 Å². The minimum Gasteiger partial charge on any atom is -0.497 e. The molecule has 0 aromatic heterocycles. The van der Waals surface area contributed by atoms with E-state index in [-0.39, 0.29) is 20.3 Å². The number of allylic oxidation sites excluding steroid dienone is 2. The van der Waals surface area contributed by atoms with Crippen molar-refractivity contribution in [3.05, 3.63) is 81.1 Å². The molecular formula is C24H26Br2N2O4S3. The smallest absolute Gasteiger partial charge is 0.251 e. The number of nitrogens with one attached hydrogen (secondary N) is 2. The van der Waals surface area contributed by atoms with Crippen LogP contribution in [0.5, 0.6) is 0 Å². The van der Waals surface area contributed by atoms with Gasteiger partial charge in [0.15, 0.2) is 0 Å². The molecule has 0 saturated carbocycles. The Morgan fingerprint density at radius 1 is 0.857 bits per heavy atom. The molecule has 0 radical (unpaired) electrons. The highest BCUT2D eigenvalue weighted by molar-refractivity contribution is 9.10. The van der Waals surface area contributed by atoms with Crippen molar-refractivity contribution in [2.75, 3.05) is 35.4 Å². The van der Waals surface area contributed by atoms with E-state index >= 15 is 0 Å². The normalized spacial score (nSPS) is 12.6. The minimum absolute atomic E-state index is 0.244. The van der Waals surface area contributed by atoms with Crippen LogP contribution in [0, 0.1) is 0 Å². The van der Waals surface area contributed by atoms with E-state index < -0.39 is 0 Å². The zero-order valence-electron chi connectivity index (χ0n) is 19.2. The summed E-state index contributed by atoms with van der Waals surface area (Å²) in [6.45, 7) is 4.37. The molecule has 0 aliphatic rings. The molecule has 188 valence electrons. The van der Waals surface area contributed by atoms with Gasteiger partial charge in [0.1, 0.15) is 0 Å².